The highest BCUT2D eigenvalue weighted by Gasteiger charge is 2.25. The van der Waals surface area contributed by atoms with Crippen LogP contribution in [0.25, 0.3) is 0 Å². The number of piperidine rings is 1. The zero-order chi connectivity index (χ0) is 12.3. The van der Waals surface area contributed by atoms with Gasteiger partial charge in [-0.05, 0) is 36.9 Å². The molecule has 3 heteroatoms. The molecule has 1 fully saturated rings. The van der Waals surface area contributed by atoms with Crippen molar-refractivity contribution in [1.29, 1.82) is 0 Å². The summed E-state index contributed by atoms with van der Waals surface area (Å²) in [4.78, 5) is 2.54. The Hall–Kier alpha value is -0.380. The number of nitrogens with two attached hydrogens (primary N) is 1. The fraction of sp³-hybridized carbons (Fsp3) is 0.571. The summed E-state index contributed by atoms with van der Waals surface area (Å²) in [6.45, 7) is 5.37. The molecular formula is C14H21BrN2. The van der Waals surface area contributed by atoms with Gasteiger partial charge in [0.25, 0.3) is 0 Å². The van der Waals surface area contributed by atoms with Crippen LogP contribution in [-0.4, -0.2) is 24.5 Å². The lowest BCUT2D eigenvalue weighted by atomic mass is 9.96. The Morgan fingerprint density at radius 1 is 1.47 bits per heavy atom. The molecule has 0 spiro atoms. The average Bonchev–Trinajstić information content (AvgIpc) is 2.33. The number of rotatable bonds is 3. The van der Waals surface area contributed by atoms with E-state index >= 15 is 0 Å². The molecule has 2 rings (SSSR count). The number of likely N-dealkylation sites (tertiary alicyclic amines) is 1. The van der Waals surface area contributed by atoms with Gasteiger partial charge in [-0.2, -0.15) is 0 Å². The molecule has 1 heterocycles. The predicted octanol–water partition coefficient (Wildman–Crippen LogP) is 3.18. The number of halogens is 1. The Labute approximate surface area is 112 Å². The van der Waals surface area contributed by atoms with Crippen LogP contribution in [0.15, 0.2) is 28.7 Å². The standard InChI is InChI=1S/C14H21BrN2/c1-11-5-4-8-17(10-11)14(9-16)12-6-2-3-7-13(12)15/h2-3,6-7,11,14H,4-5,8-10,16H2,1H3/t11-,14+/m1/s1. The summed E-state index contributed by atoms with van der Waals surface area (Å²) in [6.07, 6.45) is 2.64. The van der Waals surface area contributed by atoms with Gasteiger partial charge in [-0.15, -0.1) is 0 Å². The second-order valence-electron chi connectivity index (χ2n) is 5.02. The van der Waals surface area contributed by atoms with Crippen molar-refractivity contribution in [2.45, 2.75) is 25.8 Å². The number of hydrogen-bond donors (Lipinski definition) is 1. The Balaban J connectivity index is 2.18. The van der Waals surface area contributed by atoms with Crippen LogP contribution in [0, 0.1) is 5.92 Å². The zero-order valence-electron chi connectivity index (χ0n) is 10.4. The van der Waals surface area contributed by atoms with Crippen molar-refractivity contribution in [1.82, 2.24) is 4.90 Å². The molecule has 1 saturated heterocycles. The van der Waals surface area contributed by atoms with Gasteiger partial charge >= 0.3 is 0 Å². The van der Waals surface area contributed by atoms with Gasteiger partial charge in [-0.3, -0.25) is 4.90 Å². The number of benzene rings is 1. The minimum Gasteiger partial charge on any atom is -0.329 e. The molecule has 1 aliphatic heterocycles. The van der Waals surface area contributed by atoms with Crippen molar-refractivity contribution in [3.8, 4) is 0 Å². The Morgan fingerprint density at radius 3 is 2.88 bits per heavy atom. The first kappa shape index (κ1) is 13.1. The van der Waals surface area contributed by atoms with E-state index in [1.54, 1.807) is 0 Å². The second-order valence-corrected chi connectivity index (χ2v) is 5.87. The largest absolute Gasteiger partial charge is 0.329 e. The molecule has 94 valence electrons. The zero-order valence-corrected chi connectivity index (χ0v) is 12.0. The van der Waals surface area contributed by atoms with Gasteiger partial charge in [0.05, 0.1) is 0 Å². The molecule has 0 bridgehead atoms. The first-order chi connectivity index (χ1) is 8.22. The summed E-state index contributed by atoms with van der Waals surface area (Å²) in [7, 11) is 0. The summed E-state index contributed by atoms with van der Waals surface area (Å²) in [6, 6.07) is 8.79. The van der Waals surface area contributed by atoms with Crippen molar-refractivity contribution in [3.63, 3.8) is 0 Å². The Kier molecular flexibility index (Phi) is 4.60. The molecule has 2 atom stereocenters. The van der Waals surface area contributed by atoms with Crippen molar-refractivity contribution in [3.05, 3.63) is 34.3 Å². The summed E-state index contributed by atoms with van der Waals surface area (Å²) < 4.78 is 1.17. The highest BCUT2D eigenvalue weighted by molar-refractivity contribution is 9.10. The van der Waals surface area contributed by atoms with Gasteiger partial charge in [0.2, 0.25) is 0 Å². The summed E-state index contributed by atoms with van der Waals surface area (Å²) in [5.74, 6) is 0.792. The predicted molar refractivity (Wildman–Crippen MR) is 75.9 cm³/mol. The highest BCUT2D eigenvalue weighted by atomic mass is 79.9. The third-order valence-corrected chi connectivity index (χ3v) is 4.34. The quantitative estimate of drug-likeness (QED) is 0.928. The fourth-order valence-corrected chi connectivity index (χ4v) is 3.28. The van der Waals surface area contributed by atoms with Gasteiger partial charge < -0.3 is 5.73 Å². The van der Waals surface area contributed by atoms with Crippen molar-refractivity contribution in [2.24, 2.45) is 11.7 Å². The van der Waals surface area contributed by atoms with Crippen LogP contribution in [0.4, 0.5) is 0 Å². The second kappa shape index (κ2) is 5.98. The first-order valence-electron chi connectivity index (χ1n) is 6.41. The van der Waals surface area contributed by atoms with E-state index < -0.39 is 0 Å². The molecule has 0 amide bonds. The molecule has 2 N–H and O–H groups in total. The minimum atomic E-state index is 0.355. The third kappa shape index (κ3) is 3.09. The maximum atomic E-state index is 5.99. The van der Waals surface area contributed by atoms with Crippen LogP contribution in [0.5, 0.6) is 0 Å². The summed E-state index contributed by atoms with van der Waals surface area (Å²) >= 11 is 3.64. The maximum Gasteiger partial charge on any atom is 0.0481 e. The Morgan fingerprint density at radius 2 is 2.24 bits per heavy atom. The van der Waals surface area contributed by atoms with Crippen LogP contribution in [0.1, 0.15) is 31.4 Å². The van der Waals surface area contributed by atoms with E-state index in [0.717, 1.165) is 5.92 Å². The first-order valence-corrected chi connectivity index (χ1v) is 7.20. The molecular weight excluding hydrogens is 276 g/mol. The van der Waals surface area contributed by atoms with Crippen molar-refractivity contribution < 1.29 is 0 Å². The molecule has 0 saturated carbocycles. The van der Waals surface area contributed by atoms with Gasteiger partial charge in [0.15, 0.2) is 0 Å². The molecule has 1 aromatic rings. The normalized spacial score (nSPS) is 23.6. The van der Waals surface area contributed by atoms with Crippen LogP contribution < -0.4 is 5.73 Å². The molecule has 17 heavy (non-hydrogen) atoms. The topological polar surface area (TPSA) is 29.3 Å². The van der Waals surface area contributed by atoms with Crippen molar-refractivity contribution >= 4 is 15.9 Å². The van der Waals surface area contributed by atoms with Crippen LogP contribution in [0.2, 0.25) is 0 Å². The lowest BCUT2D eigenvalue weighted by Gasteiger charge is -2.37. The smallest absolute Gasteiger partial charge is 0.0481 e. The van der Waals surface area contributed by atoms with Crippen LogP contribution in [0.3, 0.4) is 0 Å². The van der Waals surface area contributed by atoms with E-state index in [1.807, 2.05) is 0 Å². The van der Waals surface area contributed by atoms with Crippen LogP contribution >= 0.6 is 15.9 Å². The van der Waals surface area contributed by atoms with E-state index in [9.17, 15) is 0 Å². The van der Waals surface area contributed by atoms with E-state index in [0.29, 0.717) is 12.6 Å². The lowest BCUT2D eigenvalue weighted by molar-refractivity contribution is 0.133. The monoisotopic (exact) mass is 296 g/mol. The summed E-state index contributed by atoms with van der Waals surface area (Å²) in [5, 5.41) is 0. The molecule has 2 nitrogen and oxygen atoms in total. The average molecular weight is 297 g/mol. The van der Waals surface area contributed by atoms with Gasteiger partial charge in [0.1, 0.15) is 0 Å². The van der Waals surface area contributed by atoms with Crippen molar-refractivity contribution in [2.75, 3.05) is 19.6 Å². The van der Waals surface area contributed by atoms with E-state index in [1.165, 1.54) is 36.0 Å². The molecule has 0 aliphatic carbocycles. The molecule has 0 radical (unpaired) electrons. The Bertz CT molecular complexity index is 367. The molecule has 0 unspecified atom stereocenters. The minimum absolute atomic E-state index is 0.355. The molecule has 1 aromatic carbocycles. The fourth-order valence-electron chi connectivity index (χ4n) is 2.73. The number of nitrogens with zero attached hydrogens (tertiary/aromatic N) is 1. The number of hydrogen-bond acceptors (Lipinski definition) is 2. The summed E-state index contributed by atoms with van der Waals surface area (Å²) in [5.41, 5.74) is 7.31. The maximum absolute atomic E-state index is 5.99. The van der Waals surface area contributed by atoms with Gasteiger partial charge in [-0.1, -0.05) is 41.1 Å². The highest BCUT2D eigenvalue weighted by Crippen LogP contribution is 2.30. The van der Waals surface area contributed by atoms with Crippen LogP contribution in [-0.2, 0) is 0 Å². The molecule has 0 aromatic heterocycles. The van der Waals surface area contributed by atoms with Gasteiger partial charge in [0, 0.05) is 23.6 Å². The SMILES string of the molecule is C[C@@H]1CCCN([C@@H](CN)c2ccccc2Br)C1. The van der Waals surface area contributed by atoms with E-state index in [2.05, 4.69) is 52.0 Å². The van der Waals surface area contributed by atoms with E-state index in [-0.39, 0.29) is 0 Å². The molecule has 1 aliphatic rings. The van der Waals surface area contributed by atoms with Gasteiger partial charge in [-0.25, -0.2) is 0 Å². The lowest BCUT2D eigenvalue weighted by Crippen LogP contribution is -2.40. The third-order valence-electron chi connectivity index (χ3n) is 3.62. The van der Waals surface area contributed by atoms with E-state index in [4.69, 9.17) is 5.73 Å².